The summed E-state index contributed by atoms with van der Waals surface area (Å²) in [6.45, 7) is 5.54. The van der Waals surface area contributed by atoms with Crippen LogP contribution in [0.5, 0.6) is 0 Å². The molecule has 0 spiro atoms. The zero-order chi connectivity index (χ0) is 19.0. The van der Waals surface area contributed by atoms with Crippen molar-refractivity contribution in [2.24, 2.45) is 0 Å². The third-order valence-corrected chi connectivity index (χ3v) is 6.78. The summed E-state index contributed by atoms with van der Waals surface area (Å²) in [6.07, 6.45) is 1.19. The number of phosphoric acid groups is 1. The molecule has 1 aromatic heterocycles. The first-order chi connectivity index (χ1) is 11.6. The van der Waals surface area contributed by atoms with Gasteiger partial charge in [-0.15, -0.1) is 0 Å². The van der Waals surface area contributed by atoms with Gasteiger partial charge >= 0.3 is 13.5 Å². The first-order valence-electron chi connectivity index (χ1n) is 7.85. The fourth-order valence-corrected chi connectivity index (χ4v) is 5.17. The summed E-state index contributed by atoms with van der Waals surface area (Å²) in [7, 11) is -3.12. The van der Waals surface area contributed by atoms with Gasteiger partial charge in [-0.3, -0.25) is 13.6 Å². The van der Waals surface area contributed by atoms with Gasteiger partial charge < -0.3 is 15.4 Å². The van der Waals surface area contributed by atoms with E-state index in [-0.39, 0.29) is 5.82 Å². The van der Waals surface area contributed by atoms with Gasteiger partial charge in [0.05, 0.1) is 9.53 Å². The topological polar surface area (TPSA) is 126 Å². The number of phosphoric ester groups is 1. The van der Waals surface area contributed by atoms with Crippen molar-refractivity contribution in [2.45, 2.75) is 55.5 Å². The standard InChI is InChI=1S/C14H23IN3O6P/c1-5-14(6-2)10(24-25(20,21)22-4)9(15)12(23-14)18-7-8(3)11(16)17-13(18)19/h7,9-10,12H,5-6H2,1-4H3,(H,20,21)(H2,16,17,19)/t9?,10-,12-/m1/s1. The van der Waals surface area contributed by atoms with E-state index >= 15 is 0 Å². The largest absolute Gasteiger partial charge is 0.472 e. The van der Waals surface area contributed by atoms with Gasteiger partial charge in [-0.05, 0) is 19.8 Å². The zero-order valence-electron chi connectivity index (χ0n) is 14.5. The normalized spacial score (nSPS) is 28.0. The fourth-order valence-electron chi connectivity index (χ4n) is 2.94. The highest BCUT2D eigenvalue weighted by Crippen LogP contribution is 2.54. The quantitative estimate of drug-likeness (QED) is 0.355. The lowest BCUT2D eigenvalue weighted by Crippen LogP contribution is -2.42. The average molecular weight is 487 g/mol. The molecule has 4 atom stereocenters. The van der Waals surface area contributed by atoms with E-state index in [1.165, 1.54) is 4.57 Å². The minimum absolute atomic E-state index is 0.161. The Labute approximate surface area is 159 Å². The maximum atomic E-state index is 12.3. The SMILES string of the molecule is CCC1(CC)O[C@@H](n2cc(C)c(N)nc2=O)C(I)[C@H]1OP(=O)(O)OC. The lowest BCUT2D eigenvalue weighted by Gasteiger charge is -2.33. The van der Waals surface area contributed by atoms with Crippen molar-refractivity contribution in [3.8, 4) is 0 Å². The van der Waals surface area contributed by atoms with Crippen LogP contribution in [0.4, 0.5) is 5.82 Å². The van der Waals surface area contributed by atoms with Crippen molar-refractivity contribution in [3.05, 3.63) is 22.2 Å². The van der Waals surface area contributed by atoms with E-state index in [1.807, 2.05) is 13.8 Å². The molecule has 0 amide bonds. The summed E-state index contributed by atoms with van der Waals surface area (Å²) in [6, 6.07) is 0. The van der Waals surface area contributed by atoms with Gasteiger partial charge in [-0.25, -0.2) is 9.36 Å². The lowest BCUT2D eigenvalue weighted by molar-refractivity contribution is -0.106. The number of nitrogen functional groups attached to an aromatic ring is 1. The number of rotatable bonds is 6. The highest BCUT2D eigenvalue weighted by Gasteiger charge is 2.56. The van der Waals surface area contributed by atoms with Crippen LogP contribution in [0.2, 0.25) is 0 Å². The molecular weight excluding hydrogens is 464 g/mol. The Bertz CT molecular complexity index is 738. The molecule has 0 aromatic carbocycles. The highest BCUT2D eigenvalue weighted by molar-refractivity contribution is 14.1. The van der Waals surface area contributed by atoms with Crippen LogP contribution in [0.25, 0.3) is 0 Å². The maximum absolute atomic E-state index is 12.3. The molecule has 2 unspecified atom stereocenters. The van der Waals surface area contributed by atoms with Crippen LogP contribution in [-0.2, 0) is 18.3 Å². The van der Waals surface area contributed by atoms with Crippen LogP contribution in [0.15, 0.2) is 11.0 Å². The van der Waals surface area contributed by atoms with Gasteiger partial charge in [-0.2, -0.15) is 4.98 Å². The first-order valence-corrected chi connectivity index (χ1v) is 10.6. The number of aryl methyl sites for hydroxylation is 1. The van der Waals surface area contributed by atoms with Crippen molar-refractivity contribution >= 4 is 36.2 Å². The summed E-state index contributed by atoms with van der Waals surface area (Å²) in [5, 5.41) is 0. The fraction of sp³-hybridized carbons (Fsp3) is 0.714. The second-order valence-electron chi connectivity index (χ2n) is 5.90. The molecule has 9 nitrogen and oxygen atoms in total. The number of aromatic nitrogens is 2. The Kier molecular flexibility index (Phi) is 6.33. The van der Waals surface area contributed by atoms with Gasteiger partial charge in [-0.1, -0.05) is 36.4 Å². The third-order valence-electron chi connectivity index (χ3n) is 4.56. The Morgan fingerprint density at radius 2 is 2.12 bits per heavy atom. The zero-order valence-corrected chi connectivity index (χ0v) is 17.6. The summed E-state index contributed by atoms with van der Waals surface area (Å²) < 4.78 is 29.0. The number of nitrogens with two attached hydrogens (primary N) is 1. The van der Waals surface area contributed by atoms with Crippen LogP contribution in [-0.4, -0.2) is 37.2 Å². The molecule has 3 N–H and O–H groups in total. The van der Waals surface area contributed by atoms with Crippen molar-refractivity contribution in [3.63, 3.8) is 0 Å². The molecule has 0 aliphatic carbocycles. The number of hydrogen-bond donors (Lipinski definition) is 2. The van der Waals surface area contributed by atoms with Crippen molar-refractivity contribution in [1.29, 1.82) is 0 Å². The van der Waals surface area contributed by atoms with Crippen molar-refractivity contribution in [1.82, 2.24) is 9.55 Å². The Morgan fingerprint density at radius 1 is 1.52 bits per heavy atom. The molecule has 2 heterocycles. The van der Waals surface area contributed by atoms with E-state index in [1.54, 1.807) is 13.1 Å². The number of alkyl halides is 1. The number of halogens is 1. The van der Waals surface area contributed by atoms with Gasteiger partial charge in [0.2, 0.25) is 0 Å². The van der Waals surface area contributed by atoms with E-state index in [4.69, 9.17) is 15.0 Å². The van der Waals surface area contributed by atoms with Gasteiger partial charge in [0.15, 0.2) is 6.23 Å². The summed E-state index contributed by atoms with van der Waals surface area (Å²) in [5.74, 6) is 0.161. The van der Waals surface area contributed by atoms with E-state index in [9.17, 15) is 14.3 Å². The smallest absolute Gasteiger partial charge is 0.383 e. The average Bonchev–Trinajstić information content (AvgIpc) is 2.84. The summed E-state index contributed by atoms with van der Waals surface area (Å²) >= 11 is 2.07. The molecule has 1 aromatic rings. The molecule has 142 valence electrons. The molecule has 2 rings (SSSR count). The van der Waals surface area contributed by atoms with E-state index in [0.717, 1.165) is 7.11 Å². The number of anilines is 1. The number of hydrogen-bond acceptors (Lipinski definition) is 7. The molecule has 0 radical (unpaired) electrons. The van der Waals surface area contributed by atoms with Crippen LogP contribution in [0.3, 0.4) is 0 Å². The Hall–Kier alpha value is -0.520. The predicted octanol–water partition coefficient (Wildman–Crippen LogP) is 2.16. The van der Waals surface area contributed by atoms with Crippen molar-refractivity contribution in [2.75, 3.05) is 12.8 Å². The number of nitrogens with zero attached hydrogens (tertiary/aromatic N) is 2. The molecule has 0 saturated carbocycles. The van der Waals surface area contributed by atoms with E-state index in [2.05, 4.69) is 32.1 Å². The molecule has 1 aliphatic rings. The van der Waals surface area contributed by atoms with Crippen LogP contribution in [0, 0.1) is 6.92 Å². The molecule has 0 bridgehead atoms. The molecular formula is C14H23IN3O6P. The van der Waals surface area contributed by atoms with Crippen LogP contribution in [0.1, 0.15) is 38.5 Å². The predicted molar refractivity (Wildman–Crippen MR) is 101 cm³/mol. The van der Waals surface area contributed by atoms with Crippen molar-refractivity contribution < 1.29 is 23.2 Å². The van der Waals surface area contributed by atoms with E-state index in [0.29, 0.717) is 18.4 Å². The van der Waals surface area contributed by atoms with Gasteiger partial charge in [0.25, 0.3) is 0 Å². The minimum atomic E-state index is -4.22. The molecule has 11 heteroatoms. The Morgan fingerprint density at radius 3 is 2.64 bits per heavy atom. The maximum Gasteiger partial charge on any atom is 0.472 e. The van der Waals surface area contributed by atoms with Crippen LogP contribution < -0.4 is 11.4 Å². The monoisotopic (exact) mass is 487 g/mol. The molecule has 25 heavy (non-hydrogen) atoms. The molecule has 1 aliphatic heterocycles. The second kappa shape index (κ2) is 7.61. The highest BCUT2D eigenvalue weighted by atomic mass is 127. The van der Waals surface area contributed by atoms with Gasteiger partial charge in [0, 0.05) is 18.9 Å². The van der Waals surface area contributed by atoms with Crippen LogP contribution >= 0.6 is 30.4 Å². The summed E-state index contributed by atoms with van der Waals surface area (Å²) in [5.41, 5.74) is 4.94. The Balaban J connectivity index is 2.48. The summed E-state index contributed by atoms with van der Waals surface area (Å²) in [4.78, 5) is 25.9. The number of ether oxygens (including phenoxy) is 1. The van der Waals surface area contributed by atoms with Gasteiger partial charge in [0.1, 0.15) is 11.9 Å². The third kappa shape index (κ3) is 3.93. The molecule has 1 saturated heterocycles. The first kappa shape index (κ1) is 20.8. The second-order valence-corrected chi connectivity index (χ2v) is 8.85. The minimum Gasteiger partial charge on any atom is -0.383 e. The van der Waals surface area contributed by atoms with E-state index < -0.39 is 35.4 Å². The molecule has 1 fully saturated rings. The lowest BCUT2D eigenvalue weighted by atomic mass is 9.91.